The Kier molecular flexibility index (Phi) is 4.94. The van der Waals surface area contributed by atoms with E-state index in [0.717, 1.165) is 24.1 Å². The summed E-state index contributed by atoms with van der Waals surface area (Å²) in [5, 5.41) is 1.06. The highest BCUT2D eigenvalue weighted by atomic mass is 79.9. The van der Waals surface area contributed by atoms with Crippen LogP contribution in [0.3, 0.4) is 0 Å². The van der Waals surface area contributed by atoms with E-state index in [-0.39, 0.29) is 0 Å². The van der Waals surface area contributed by atoms with Gasteiger partial charge in [0, 0.05) is 36.0 Å². The van der Waals surface area contributed by atoms with Gasteiger partial charge in [0.15, 0.2) is 0 Å². The Morgan fingerprint density at radius 3 is 2.86 bits per heavy atom. The zero-order valence-electron chi connectivity index (χ0n) is 8.83. The van der Waals surface area contributed by atoms with Crippen molar-refractivity contribution in [3.05, 3.63) is 24.0 Å². The van der Waals surface area contributed by atoms with Crippen LogP contribution in [0.1, 0.15) is 19.0 Å². The molecule has 1 aromatic heterocycles. The number of alkyl halides is 1. The minimum absolute atomic E-state index is 1.05. The van der Waals surface area contributed by atoms with Gasteiger partial charge in [-0.15, -0.1) is 0 Å². The van der Waals surface area contributed by atoms with Crippen molar-refractivity contribution in [3.8, 4) is 0 Å². The van der Waals surface area contributed by atoms with Crippen LogP contribution in [0.15, 0.2) is 18.3 Å². The molecule has 0 unspecified atom stereocenters. The van der Waals surface area contributed by atoms with Crippen LogP contribution in [0.2, 0.25) is 0 Å². The lowest BCUT2D eigenvalue weighted by Gasteiger charge is -2.22. The van der Waals surface area contributed by atoms with E-state index in [4.69, 9.17) is 0 Å². The molecule has 0 saturated carbocycles. The lowest BCUT2D eigenvalue weighted by atomic mass is 10.3. The summed E-state index contributed by atoms with van der Waals surface area (Å²) in [6, 6.07) is 4.21. The van der Waals surface area contributed by atoms with Crippen LogP contribution in [0, 0.1) is 6.92 Å². The smallest absolute Gasteiger partial charge is 0.0399 e. The number of nitrogens with zero attached hydrogens (tertiary/aromatic N) is 2. The summed E-state index contributed by atoms with van der Waals surface area (Å²) in [4.78, 5) is 6.57. The van der Waals surface area contributed by atoms with Gasteiger partial charge in [-0.3, -0.25) is 4.98 Å². The molecule has 0 saturated heterocycles. The number of pyridine rings is 1. The first-order chi connectivity index (χ1) is 6.77. The van der Waals surface area contributed by atoms with Crippen molar-refractivity contribution < 1.29 is 0 Å². The van der Waals surface area contributed by atoms with Gasteiger partial charge in [0.2, 0.25) is 0 Å². The van der Waals surface area contributed by atoms with Crippen LogP contribution in [0.25, 0.3) is 0 Å². The third kappa shape index (κ3) is 3.29. The molecule has 0 aliphatic carbocycles. The van der Waals surface area contributed by atoms with Gasteiger partial charge >= 0.3 is 0 Å². The second kappa shape index (κ2) is 6.02. The van der Waals surface area contributed by atoms with Gasteiger partial charge in [0.1, 0.15) is 0 Å². The van der Waals surface area contributed by atoms with E-state index < -0.39 is 0 Å². The average Bonchev–Trinajstić information content (AvgIpc) is 2.19. The molecule has 2 nitrogen and oxygen atoms in total. The Hall–Kier alpha value is -0.570. The summed E-state index contributed by atoms with van der Waals surface area (Å²) in [5.74, 6) is 0. The predicted molar refractivity (Wildman–Crippen MR) is 65.3 cm³/mol. The molecule has 1 rings (SSSR count). The molecule has 0 aromatic carbocycles. The lowest BCUT2D eigenvalue weighted by molar-refractivity contribution is 0.797. The monoisotopic (exact) mass is 256 g/mol. The van der Waals surface area contributed by atoms with Gasteiger partial charge in [0.05, 0.1) is 0 Å². The summed E-state index contributed by atoms with van der Waals surface area (Å²) in [7, 11) is 0. The van der Waals surface area contributed by atoms with Crippen LogP contribution in [-0.2, 0) is 0 Å². The minimum atomic E-state index is 1.05. The number of anilines is 1. The van der Waals surface area contributed by atoms with Crippen molar-refractivity contribution in [2.75, 3.05) is 23.3 Å². The molecule has 1 heterocycles. The maximum absolute atomic E-state index is 4.20. The summed E-state index contributed by atoms with van der Waals surface area (Å²) in [6.07, 6.45) is 3.05. The fraction of sp³-hybridized carbons (Fsp3) is 0.545. The van der Waals surface area contributed by atoms with Gasteiger partial charge in [-0.1, -0.05) is 15.9 Å². The molecule has 78 valence electrons. The molecule has 0 aliphatic heterocycles. The molecular weight excluding hydrogens is 240 g/mol. The number of hydrogen-bond donors (Lipinski definition) is 0. The number of hydrogen-bond acceptors (Lipinski definition) is 2. The summed E-state index contributed by atoms with van der Waals surface area (Å²) < 4.78 is 0. The highest BCUT2D eigenvalue weighted by Gasteiger charge is 2.03. The van der Waals surface area contributed by atoms with Gasteiger partial charge in [-0.25, -0.2) is 0 Å². The van der Waals surface area contributed by atoms with E-state index >= 15 is 0 Å². The predicted octanol–water partition coefficient (Wildman–Crippen LogP) is 3.00. The Labute approximate surface area is 94.5 Å². The molecule has 0 fully saturated rings. The van der Waals surface area contributed by atoms with Crippen LogP contribution in [-0.4, -0.2) is 23.4 Å². The Morgan fingerprint density at radius 1 is 1.50 bits per heavy atom. The second-order valence-electron chi connectivity index (χ2n) is 3.28. The molecule has 14 heavy (non-hydrogen) atoms. The molecule has 0 bridgehead atoms. The van der Waals surface area contributed by atoms with Gasteiger partial charge in [-0.05, 0) is 32.4 Å². The number of halogens is 1. The van der Waals surface area contributed by atoms with Gasteiger partial charge in [-0.2, -0.15) is 0 Å². The molecule has 0 atom stereocenters. The number of rotatable bonds is 5. The average molecular weight is 257 g/mol. The van der Waals surface area contributed by atoms with Crippen LogP contribution < -0.4 is 4.90 Å². The summed E-state index contributed by atoms with van der Waals surface area (Å²) in [6.45, 7) is 6.37. The van der Waals surface area contributed by atoms with E-state index in [2.05, 4.69) is 44.9 Å². The molecule has 0 aliphatic rings. The molecule has 3 heteroatoms. The van der Waals surface area contributed by atoms with Crippen LogP contribution in [0.5, 0.6) is 0 Å². The molecule has 0 N–H and O–H groups in total. The van der Waals surface area contributed by atoms with E-state index in [1.54, 1.807) is 0 Å². The van der Waals surface area contributed by atoms with Crippen molar-refractivity contribution in [1.82, 2.24) is 4.98 Å². The third-order valence-corrected chi connectivity index (χ3v) is 2.75. The normalized spacial score (nSPS) is 10.2. The highest BCUT2D eigenvalue weighted by Crippen LogP contribution is 2.14. The first-order valence-corrected chi connectivity index (χ1v) is 6.13. The Bertz CT molecular complexity index is 276. The van der Waals surface area contributed by atoms with Crippen molar-refractivity contribution >= 4 is 21.6 Å². The maximum atomic E-state index is 4.20. The third-order valence-electron chi connectivity index (χ3n) is 2.19. The van der Waals surface area contributed by atoms with E-state index in [1.807, 2.05) is 13.1 Å². The molecular formula is C11H17BrN2. The van der Waals surface area contributed by atoms with Crippen molar-refractivity contribution in [3.63, 3.8) is 0 Å². The SMILES string of the molecule is CCN(CCCBr)c1ccnc(C)c1. The Morgan fingerprint density at radius 2 is 2.29 bits per heavy atom. The standard InChI is InChI=1S/C11H17BrN2/c1-3-14(8-4-6-12)11-5-7-13-10(2)9-11/h5,7,9H,3-4,6,8H2,1-2H3. The summed E-state index contributed by atoms with van der Waals surface area (Å²) >= 11 is 3.46. The van der Waals surface area contributed by atoms with Crippen molar-refractivity contribution in [2.45, 2.75) is 20.3 Å². The zero-order valence-corrected chi connectivity index (χ0v) is 10.4. The highest BCUT2D eigenvalue weighted by molar-refractivity contribution is 9.09. The van der Waals surface area contributed by atoms with E-state index in [9.17, 15) is 0 Å². The molecule has 0 radical (unpaired) electrons. The quantitative estimate of drug-likeness (QED) is 0.754. The van der Waals surface area contributed by atoms with Crippen LogP contribution in [0.4, 0.5) is 5.69 Å². The van der Waals surface area contributed by atoms with Crippen molar-refractivity contribution in [1.29, 1.82) is 0 Å². The zero-order chi connectivity index (χ0) is 10.4. The Balaban J connectivity index is 2.68. The molecule has 0 amide bonds. The topological polar surface area (TPSA) is 16.1 Å². The summed E-state index contributed by atoms with van der Waals surface area (Å²) in [5.41, 5.74) is 2.36. The number of aromatic nitrogens is 1. The van der Waals surface area contributed by atoms with E-state index in [1.165, 1.54) is 12.1 Å². The van der Waals surface area contributed by atoms with Crippen molar-refractivity contribution in [2.24, 2.45) is 0 Å². The maximum Gasteiger partial charge on any atom is 0.0399 e. The van der Waals surface area contributed by atoms with E-state index in [0.29, 0.717) is 0 Å². The van der Waals surface area contributed by atoms with Crippen LogP contribution >= 0.6 is 15.9 Å². The molecule has 0 spiro atoms. The number of aryl methyl sites for hydroxylation is 1. The molecule has 1 aromatic rings. The first-order valence-electron chi connectivity index (χ1n) is 5.01. The largest absolute Gasteiger partial charge is 0.372 e. The van der Waals surface area contributed by atoms with Gasteiger partial charge < -0.3 is 4.90 Å². The first kappa shape index (κ1) is 11.5. The lowest BCUT2D eigenvalue weighted by Crippen LogP contribution is -2.24. The fourth-order valence-electron chi connectivity index (χ4n) is 1.45. The fourth-order valence-corrected chi connectivity index (χ4v) is 1.70. The minimum Gasteiger partial charge on any atom is -0.372 e. The second-order valence-corrected chi connectivity index (χ2v) is 4.07. The van der Waals surface area contributed by atoms with Gasteiger partial charge in [0.25, 0.3) is 0 Å².